The van der Waals surface area contributed by atoms with E-state index in [-0.39, 0.29) is 25.1 Å². The molecule has 82 valence electrons. The summed E-state index contributed by atoms with van der Waals surface area (Å²) < 4.78 is 0. The van der Waals surface area contributed by atoms with Crippen LogP contribution in [0, 0.1) is 0 Å². The third-order valence-corrected chi connectivity index (χ3v) is 2.39. The van der Waals surface area contributed by atoms with Gasteiger partial charge in [0.2, 0.25) is 5.91 Å². The van der Waals surface area contributed by atoms with Gasteiger partial charge in [-0.05, 0) is 13.0 Å². The van der Waals surface area contributed by atoms with Gasteiger partial charge in [-0.2, -0.15) is 0 Å². The summed E-state index contributed by atoms with van der Waals surface area (Å²) >= 11 is 0. The summed E-state index contributed by atoms with van der Waals surface area (Å²) in [5.74, 6) is 0.0272. The molecule has 0 aliphatic carbocycles. The van der Waals surface area contributed by atoms with E-state index in [0.29, 0.717) is 6.54 Å². The molecule has 0 aromatic rings. The van der Waals surface area contributed by atoms with Crippen molar-refractivity contribution in [1.82, 2.24) is 10.2 Å². The molecule has 2 unspecified atom stereocenters. The quantitative estimate of drug-likeness (QED) is 0.510. The highest BCUT2D eigenvalue weighted by atomic mass is 16.3. The van der Waals surface area contributed by atoms with E-state index in [9.17, 15) is 9.90 Å². The van der Waals surface area contributed by atoms with Gasteiger partial charge in [0.05, 0.1) is 18.8 Å². The Labute approximate surface area is 83.7 Å². The van der Waals surface area contributed by atoms with E-state index in [1.54, 1.807) is 4.90 Å². The summed E-state index contributed by atoms with van der Waals surface area (Å²) in [6.07, 6.45) is -0.0375. The third kappa shape index (κ3) is 2.67. The molecule has 1 amide bonds. The minimum absolute atomic E-state index is 0.0272. The van der Waals surface area contributed by atoms with Gasteiger partial charge in [0.25, 0.3) is 0 Å². The van der Waals surface area contributed by atoms with E-state index < -0.39 is 6.10 Å². The molecule has 0 radical (unpaired) electrons. The predicted octanol–water partition coefficient (Wildman–Crippen LogP) is -1.45. The van der Waals surface area contributed by atoms with Crippen molar-refractivity contribution in [3.05, 3.63) is 0 Å². The van der Waals surface area contributed by atoms with Crippen molar-refractivity contribution in [2.45, 2.75) is 25.5 Å². The lowest BCUT2D eigenvalue weighted by Crippen LogP contribution is -2.41. The SMILES string of the molecule is CCNC1CCN(CC(O)CO)C1=O. The van der Waals surface area contributed by atoms with E-state index in [1.807, 2.05) is 6.92 Å². The van der Waals surface area contributed by atoms with Crippen molar-refractivity contribution in [2.75, 3.05) is 26.2 Å². The Balaban J connectivity index is 2.39. The number of likely N-dealkylation sites (tertiary alicyclic amines) is 1. The number of aliphatic hydroxyl groups excluding tert-OH is 2. The minimum Gasteiger partial charge on any atom is -0.394 e. The summed E-state index contributed by atoms with van der Waals surface area (Å²) in [6, 6.07) is -0.106. The lowest BCUT2D eigenvalue weighted by atomic mass is 10.2. The topological polar surface area (TPSA) is 72.8 Å². The molecule has 1 aliphatic rings. The molecule has 1 saturated heterocycles. The zero-order valence-electron chi connectivity index (χ0n) is 8.44. The predicted molar refractivity (Wildman–Crippen MR) is 51.8 cm³/mol. The first-order valence-electron chi connectivity index (χ1n) is 5.00. The number of rotatable bonds is 5. The molecule has 1 fully saturated rings. The highest BCUT2D eigenvalue weighted by Crippen LogP contribution is 2.11. The number of carbonyl (C=O) groups excluding carboxylic acids is 1. The molecule has 5 heteroatoms. The molecule has 1 rings (SSSR count). The number of β-amino-alcohol motifs (C(OH)–C–C–N with tert-alkyl or cyclic N) is 1. The Kier molecular flexibility index (Phi) is 4.31. The highest BCUT2D eigenvalue weighted by molar-refractivity contribution is 5.83. The van der Waals surface area contributed by atoms with Crippen molar-refractivity contribution in [3.63, 3.8) is 0 Å². The molecule has 0 spiro atoms. The number of hydrogen-bond acceptors (Lipinski definition) is 4. The molecule has 1 aliphatic heterocycles. The number of likely N-dealkylation sites (N-methyl/N-ethyl adjacent to an activating group) is 1. The first-order valence-corrected chi connectivity index (χ1v) is 5.00. The van der Waals surface area contributed by atoms with Crippen molar-refractivity contribution >= 4 is 5.91 Å². The zero-order chi connectivity index (χ0) is 10.6. The lowest BCUT2D eigenvalue weighted by molar-refractivity contribution is -0.130. The van der Waals surface area contributed by atoms with Gasteiger partial charge in [0, 0.05) is 13.1 Å². The van der Waals surface area contributed by atoms with Gasteiger partial charge in [-0.15, -0.1) is 0 Å². The fourth-order valence-corrected chi connectivity index (χ4v) is 1.67. The van der Waals surface area contributed by atoms with E-state index in [2.05, 4.69) is 5.32 Å². The molecule has 0 aromatic carbocycles. The van der Waals surface area contributed by atoms with Gasteiger partial charge in [-0.3, -0.25) is 4.79 Å². The Morgan fingerprint density at radius 2 is 2.43 bits per heavy atom. The fraction of sp³-hybridized carbons (Fsp3) is 0.889. The van der Waals surface area contributed by atoms with Gasteiger partial charge in [-0.25, -0.2) is 0 Å². The second-order valence-corrected chi connectivity index (χ2v) is 3.52. The van der Waals surface area contributed by atoms with Crippen molar-refractivity contribution < 1.29 is 15.0 Å². The van der Waals surface area contributed by atoms with E-state index >= 15 is 0 Å². The number of amides is 1. The maximum Gasteiger partial charge on any atom is 0.239 e. The number of nitrogens with one attached hydrogen (secondary N) is 1. The first kappa shape index (κ1) is 11.4. The summed E-state index contributed by atoms with van der Waals surface area (Å²) in [7, 11) is 0. The standard InChI is InChI=1S/C9H18N2O3/c1-2-10-8-3-4-11(9(8)14)5-7(13)6-12/h7-8,10,12-13H,2-6H2,1H3. The summed E-state index contributed by atoms with van der Waals surface area (Å²) in [4.78, 5) is 13.2. The fourth-order valence-electron chi connectivity index (χ4n) is 1.67. The Morgan fingerprint density at radius 1 is 1.71 bits per heavy atom. The van der Waals surface area contributed by atoms with Crippen molar-refractivity contribution in [3.8, 4) is 0 Å². The lowest BCUT2D eigenvalue weighted by Gasteiger charge is -2.19. The molecular weight excluding hydrogens is 184 g/mol. The van der Waals surface area contributed by atoms with Crippen LogP contribution < -0.4 is 5.32 Å². The number of carbonyl (C=O) groups is 1. The average molecular weight is 202 g/mol. The average Bonchev–Trinajstić information content (AvgIpc) is 2.50. The molecular formula is C9H18N2O3. The van der Waals surface area contributed by atoms with Crippen LogP contribution in [-0.2, 0) is 4.79 Å². The van der Waals surface area contributed by atoms with Crippen LogP contribution in [0.5, 0.6) is 0 Å². The smallest absolute Gasteiger partial charge is 0.239 e. The normalized spacial score (nSPS) is 24.4. The number of hydrogen-bond donors (Lipinski definition) is 3. The summed E-state index contributed by atoms with van der Waals surface area (Å²) in [5.41, 5.74) is 0. The van der Waals surface area contributed by atoms with Crippen LogP contribution in [0.15, 0.2) is 0 Å². The second kappa shape index (κ2) is 5.29. The zero-order valence-corrected chi connectivity index (χ0v) is 8.44. The molecule has 5 nitrogen and oxygen atoms in total. The molecule has 0 aromatic heterocycles. The van der Waals surface area contributed by atoms with Gasteiger partial charge in [0.1, 0.15) is 0 Å². The van der Waals surface area contributed by atoms with E-state index in [4.69, 9.17) is 5.11 Å². The van der Waals surface area contributed by atoms with Crippen molar-refractivity contribution in [2.24, 2.45) is 0 Å². The Bertz CT molecular complexity index is 198. The molecule has 0 bridgehead atoms. The second-order valence-electron chi connectivity index (χ2n) is 3.52. The molecule has 1 heterocycles. The molecule has 14 heavy (non-hydrogen) atoms. The molecule has 0 saturated carbocycles. The van der Waals surface area contributed by atoms with Crippen LogP contribution in [0.25, 0.3) is 0 Å². The van der Waals surface area contributed by atoms with Crippen LogP contribution in [0.4, 0.5) is 0 Å². The van der Waals surface area contributed by atoms with Crippen LogP contribution in [0.2, 0.25) is 0 Å². The Hall–Kier alpha value is -0.650. The van der Waals surface area contributed by atoms with Crippen molar-refractivity contribution in [1.29, 1.82) is 0 Å². The van der Waals surface area contributed by atoms with Crippen LogP contribution in [0.1, 0.15) is 13.3 Å². The van der Waals surface area contributed by atoms with Crippen LogP contribution in [-0.4, -0.2) is 59.4 Å². The van der Waals surface area contributed by atoms with Gasteiger partial charge >= 0.3 is 0 Å². The Morgan fingerprint density at radius 3 is 3.00 bits per heavy atom. The van der Waals surface area contributed by atoms with E-state index in [0.717, 1.165) is 13.0 Å². The maximum atomic E-state index is 11.6. The van der Waals surface area contributed by atoms with Gasteiger partial charge in [-0.1, -0.05) is 6.92 Å². The molecule has 2 atom stereocenters. The number of nitrogens with zero attached hydrogens (tertiary/aromatic N) is 1. The summed E-state index contributed by atoms with van der Waals surface area (Å²) in [6.45, 7) is 3.33. The third-order valence-electron chi connectivity index (χ3n) is 2.39. The van der Waals surface area contributed by atoms with Crippen LogP contribution >= 0.6 is 0 Å². The summed E-state index contributed by atoms with van der Waals surface area (Å²) in [5, 5.41) is 20.9. The van der Waals surface area contributed by atoms with Gasteiger partial charge in [0.15, 0.2) is 0 Å². The largest absolute Gasteiger partial charge is 0.394 e. The monoisotopic (exact) mass is 202 g/mol. The molecule has 3 N–H and O–H groups in total. The first-order chi connectivity index (χ1) is 6.69. The van der Waals surface area contributed by atoms with Crippen LogP contribution in [0.3, 0.4) is 0 Å². The minimum atomic E-state index is -0.820. The maximum absolute atomic E-state index is 11.6. The highest BCUT2D eigenvalue weighted by Gasteiger charge is 2.31. The number of aliphatic hydroxyl groups is 2. The van der Waals surface area contributed by atoms with E-state index in [1.165, 1.54) is 0 Å². The van der Waals surface area contributed by atoms with Gasteiger partial charge < -0.3 is 20.4 Å².